The molecule has 0 amide bonds. The SMILES string of the molecule is COCOc1ccc(C(=O)OC)c2c1C(=O)O[C@@H](C)C/C=C\C(OCc1ccc(OC)cc1)[C@H]1OC(C)(C)O[C@H]1C/C=C/2. The molecule has 1 saturated heterocycles. The predicted octanol–water partition coefficient (Wildman–Crippen LogP) is 5.48. The molecule has 2 heterocycles. The van der Waals surface area contributed by atoms with Crippen LogP contribution in [0.4, 0.5) is 0 Å². The lowest BCUT2D eigenvalue weighted by molar-refractivity contribution is -0.156. The minimum absolute atomic E-state index is 0.0960. The van der Waals surface area contributed by atoms with Gasteiger partial charge in [0, 0.05) is 19.1 Å². The van der Waals surface area contributed by atoms with Crippen LogP contribution in [-0.2, 0) is 35.0 Å². The van der Waals surface area contributed by atoms with Crippen molar-refractivity contribution in [3.63, 3.8) is 0 Å². The van der Waals surface area contributed by atoms with E-state index >= 15 is 0 Å². The van der Waals surface area contributed by atoms with Crippen LogP contribution in [0.1, 0.15) is 65.5 Å². The van der Waals surface area contributed by atoms with Gasteiger partial charge in [0.15, 0.2) is 12.6 Å². The van der Waals surface area contributed by atoms with Crippen LogP contribution in [0.15, 0.2) is 54.6 Å². The lowest BCUT2D eigenvalue weighted by Gasteiger charge is -2.25. The second-order valence-electron chi connectivity index (χ2n) is 10.7. The van der Waals surface area contributed by atoms with Crippen molar-refractivity contribution in [1.82, 2.24) is 0 Å². The highest BCUT2D eigenvalue weighted by Crippen LogP contribution is 2.35. The van der Waals surface area contributed by atoms with Gasteiger partial charge >= 0.3 is 11.9 Å². The van der Waals surface area contributed by atoms with E-state index in [1.807, 2.05) is 56.3 Å². The van der Waals surface area contributed by atoms with Crippen LogP contribution in [0.3, 0.4) is 0 Å². The van der Waals surface area contributed by atoms with Crippen molar-refractivity contribution in [1.29, 1.82) is 0 Å². The van der Waals surface area contributed by atoms with Crippen LogP contribution in [0.5, 0.6) is 11.5 Å². The third-order valence-corrected chi connectivity index (χ3v) is 7.05. The van der Waals surface area contributed by atoms with Crippen molar-refractivity contribution in [2.24, 2.45) is 0 Å². The average Bonchev–Trinajstić information content (AvgIpc) is 3.30. The summed E-state index contributed by atoms with van der Waals surface area (Å²) in [5.74, 6) is -1.10. The summed E-state index contributed by atoms with van der Waals surface area (Å²) in [6.07, 6.45) is 6.39. The van der Waals surface area contributed by atoms with Crippen molar-refractivity contribution < 1.29 is 47.5 Å². The van der Waals surface area contributed by atoms with Crippen molar-refractivity contribution in [3.05, 3.63) is 76.9 Å². The number of benzene rings is 2. The van der Waals surface area contributed by atoms with E-state index in [4.69, 9.17) is 37.9 Å². The lowest BCUT2D eigenvalue weighted by atomic mass is 9.97. The molecule has 43 heavy (non-hydrogen) atoms. The van der Waals surface area contributed by atoms with Gasteiger partial charge in [0.2, 0.25) is 0 Å². The fraction of sp³-hybridized carbons (Fsp3) is 0.455. The number of esters is 2. The molecule has 4 atom stereocenters. The van der Waals surface area contributed by atoms with Gasteiger partial charge in [0.05, 0.1) is 32.5 Å². The molecule has 2 aliphatic heterocycles. The van der Waals surface area contributed by atoms with Gasteiger partial charge in [0.1, 0.15) is 35.4 Å². The highest BCUT2D eigenvalue weighted by atomic mass is 16.8. The molecule has 1 fully saturated rings. The molecule has 0 aliphatic carbocycles. The zero-order valence-corrected chi connectivity index (χ0v) is 25.5. The molecule has 0 aromatic heterocycles. The number of fused-ring (bicyclic) bond motifs is 2. The largest absolute Gasteiger partial charge is 0.497 e. The zero-order valence-electron chi connectivity index (χ0n) is 25.5. The number of cyclic esters (lactones) is 1. The Morgan fingerprint density at radius 2 is 1.77 bits per heavy atom. The number of carbonyl (C=O) groups excluding carboxylic acids is 2. The smallest absolute Gasteiger partial charge is 0.342 e. The second-order valence-corrected chi connectivity index (χ2v) is 10.7. The molecular formula is C33H40O10. The lowest BCUT2D eigenvalue weighted by Crippen LogP contribution is -2.36. The van der Waals surface area contributed by atoms with Crippen molar-refractivity contribution >= 4 is 18.0 Å². The van der Waals surface area contributed by atoms with Crippen molar-refractivity contribution in [3.8, 4) is 11.5 Å². The first-order valence-electron chi connectivity index (χ1n) is 14.2. The molecule has 2 aromatic carbocycles. The summed E-state index contributed by atoms with van der Waals surface area (Å²) in [6, 6.07) is 10.7. The Hall–Kier alpha value is -3.70. The Morgan fingerprint density at radius 3 is 2.47 bits per heavy atom. The number of methoxy groups -OCH3 is 3. The Kier molecular flexibility index (Phi) is 11.0. The van der Waals surface area contributed by atoms with E-state index < -0.39 is 36.0 Å². The Bertz CT molecular complexity index is 1310. The molecule has 0 N–H and O–H groups in total. The van der Waals surface area contributed by atoms with Crippen LogP contribution >= 0.6 is 0 Å². The van der Waals surface area contributed by atoms with Crippen LogP contribution in [0, 0.1) is 0 Å². The summed E-state index contributed by atoms with van der Waals surface area (Å²) in [5, 5.41) is 0. The molecule has 0 radical (unpaired) electrons. The molecule has 2 aliphatic rings. The van der Waals surface area contributed by atoms with E-state index in [0.29, 0.717) is 25.0 Å². The van der Waals surface area contributed by atoms with Crippen molar-refractivity contribution in [2.45, 2.75) is 70.4 Å². The third kappa shape index (κ3) is 8.23. The quantitative estimate of drug-likeness (QED) is 0.221. The molecule has 1 unspecified atom stereocenters. The highest BCUT2D eigenvalue weighted by molar-refractivity contribution is 6.03. The molecular weight excluding hydrogens is 556 g/mol. The first kappa shape index (κ1) is 32.2. The number of hydrogen-bond donors (Lipinski definition) is 0. The summed E-state index contributed by atoms with van der Waals surface area (Å²) in [4.78, 5) is 26.3. The fourth-order valence-electron chi connectivity index (χ4n) is 5.03. The van der Waals surface area contributed by atoms with E-state index in [2.05, 4.69) is 0 Å². The van der Waals surface area contributed by atoms with Crippen LogP contribution in [0.2, 0.25) is 0 Å². The molecule has 2 aromatic rings. The maximum atomic E-state index is 13.5. The summed E-state index contributed by atoms with van der Waals surface area (Å²) >= 11 is 0. The van der Waals surface area contributed by atoms with Gasteiger partial charge in [-0.1, -0.05) is 36.4 Å². The fourth-order valence-corrected chi connectivity index (χ4v) is 5.03. The summed E-state index contributed by atoms with van der Waals surface area (Å²) in [7, 11) is 4.39. The van der Waals surface area contributed by atoms with Crippen molar-refractivity contribution in [2.75, 3.05) is 28.1 Å². The molecule has 232 valence electrons. The van der Waals surface area contributed by atoms with Gasteiger partial charge in [-0.2, -0.15) is 0 Å². The third-order valence-electron chi connectivity index (χ3n) is 7.05. The minimum Gasteiger partial charge on any atom is -0.497 e. The highest BCUT2D eigenvalue weighted by Gasteiger charge is 2.44. The maximum Gasteiger partial charge on any atom is 0.342 e. The normalized spacial score (nSPS) is 24.9. The van der Waals surface area contributed by atoms with E-state index in [1.165, 1.54) is 20.3 Å². The van der Waals surface area contributed by atoms with Gasteiger partial charge in [-0.15, -0.1) is 0 Å². The van der Waals surface area contributed by atoms with E-state index in [9.17, 15) is 9.59 Å². The van der Waals surface area contributed by atoms with E-state index in [-0.39, 0.29) is 29.8 Å². The number of rotatable bonds is 8. The molecule has 0 saturated carbocycles. The molecule has 0 spiro atoms. The van der Waals surface area contributed by atoms with E-state index in [1.54, 1.807) is 26.2 Å². The first-order valence-corrected chi connectivity index (χ1v) is 14.2. The Morgan fingerprint density at radius 1 is 1.00 bits per heavy atom. The maximum absolute atomic E-state index is 13.5. The van der Waals surface area contributed by atoms with Gasteiger partial charge in [0.25, 0.3) is 0 Å². The zero-order chi connectivity index (χ0) is 31.0. The predicted molar refractivity (Wildman–Crippen MR) is 158 cm³/mol. The molecule has 10 nitrogen and oxygen atoms in total. The summed E-state index contributed by atoms with van der Waals surface area (Å²) < 4.78 is 45.9. The first-order chi connectivity index (χ1) is 20.7. The summed E-state index contributed by atoms with van der Waals surface area (Å²) in [5.41, 5.74) is 1.58. The van der Waals surface area contributed by atoms with Crippen LogP contribution in [0.25, 0.3) is 6.08 Å². The molecule has 0 bridgehead atoms. The van der Waals surface area contributed by atoms with Gasteiger partial charge in [-0.25, -0.2) is 9.59 Å². The number of ether oxygens (including phenoxy) is 8. The van der Waals surface area contributed by atoms with Gasteiger partial charge in [-0.3, -0.25) is 0 Å². The van der Waals surface area contributed by atoms with Gasteiger partial charge in [-0.05, 0) is 57.0 Å². The minimum atomic E-state index is -0.852. The molecule has 4 rings (SSSR count). The summed E-state index contributed by atoms with van der Waals surface area (Å²) in [6.45, 7) is 5.76. The molecule has 10 heteroatoms. The van der Waals surface area contributed by atoms with Crippen LogP contribution in [-0.4, -0.2) is 70.3 Å². The topological polar surface area (TPSA) is 108 Å². The van der Waals surface area contributed by atoms with Crippen LogP contribution < -0.4 is 9.47 Å². The standard InChI is InChI=1S/C33H40O10/c1-21-9-7-11-27(39-19-22-13-15-23(37-5)16-14-22)30-28(42-33(2,3)43-30)12-8-10-24-25(31(34)38-6)17-18-26(40-20-36-4)29(24)32(35)41-21/h7-8,10-11,13-18,21,27-28,30H,9,12,19-20H2,1-6H3/b10-8+,11-7-/t21-,27?,28-,30+/m0/s1. The Balaban J connectivity index is 1.71. The Labute approximate surface area is 252 Å². The monoisotopic (exact) mass is 596 g/mol. The number of carbonyl (C=O) groups is 2. The van der Waals surface area contributed by atoms with Gasteiger partial charge < -0.3 is 37.9 Å². The number of hydrogen-bond acceptors (Lipinski definition) is 10. The average molecular weight is 597 g/mol. The van der Waals surface area contributed by atoms with E-state index in [0.717, 1.165) is 11.3 Å². The second kappa shape index (κ2) is 14.7.